The normalized spacial score (nSPS) is 10.9. The second-order valence-electron chi connectivity index (χ2n) is 6.11. The lowest BCUT2D eigenvalue weighted by Gasteiger charge is -2.12. The molecular weight excluding hydrogens is 432 g/mol. The predicted molar refractivity (Wildman–Crippen MR) is 118 cm³/mol. The number of hydrogen-bond acceptors (Lipinski definition) is 3. The highest BCUT2D eigenvalue weighted by Gasteiger charge is 2.15. The van der Waals surface area contributed by atoms with Crippen molar-refractivity contribution >= 4 is 39.5 Å². The number of amides is 2. The molecule has 6 heteroatoms. The van der Waals surface area contributed by atoms with Gasteiger partial charge >= 0.3 is 0 Å². The first-order valence-electron chi connectivity index (χ1n) is 8.84. The molecule has 29 heavy (non-hydrogen) atoms. The highest BCUT2D eigenvalue weighted by atomic mass is 79.9. The fraction of sp³-hybridized carbons (Fsp3) is 0.0435. The number of benzene rings is 3. The summed E-state index contributed by atoms with van der Waals surface area (Å²) in [5, 5.41) is 5.51. The number of methoxy groups -OCH3 is 1. The molecule has 3 rings (SSSR count). The maximum absolute atomic E-state index is 12.9. The monoisotopic (exact) mass is 450 g/mol. The average molecular weight is 451 g/mol. The second-order valence-corrected chi connectivity index (χ2v) is 7.03. The van der Waals surface area contributed by atoms with Crippen LogP contribution in [0.3, 0.4) is 0 Å². The van der Waals surface area contributed by atoms with Crippen molar-refractivity contribution in [3.8, 4) is 5.75 Å². The van der Waals surface area contributed by atoms with E-state index in [9.17, 15) is 9.59 Å². The Morgan fingerprint density at radius 1 is 0.897 bits per heavy atom. The van der Waals surface area contributed by atoms with E-state index in [0.29, 0.717) is 17.0 Å². The van der Waals surface area contributed by atoms with Crippen LogP contribution >= 0.6 is 15.9 Å². The molecule has 0 fully saturated rings. The van der Waals surface area contributed by atoms with Crippen LogP contribution in [0.15, 0.2) is 89.0 Å². The van der Waals surface area contributed by atoms with E-state index in [0.717, 1.165) is 10.0 Å². The van der Waals surface area contributed by atoms with Crippen LogP contribution in [0.2, 0.25) is 0 Å². The van der Waals surface area contributed by atoms with Gasteiger partial charge in [-0.1, -0.05) is 46.3 Å². The van der Waals surface area contributed by atoms with Gasteiger partial charge in [0.05, 0.1) is 7.11 Å². The van der Waals surface area contributed by atoms with Gasteiger partial charge in [0.1, 0.15) is 11.4 Å². The number of anilines is 1. The van der Waals surface area contributed by atoms with Gasteiger partial charge in [0.15, 0.2) is 0 Å². The molecule has 3 aromatic carbocycles. The summed E-state index contributed by atoms with van der Waals surface area (Å²) in [6.45, 7) is 0. The van der Waals surface area contributed by atoms with E-state index in [2.05, 4.69) is 26.6 Å². The third kappa shape index (κ3) is 5.80. The third-order valence-corrected chi connectivity index (χ3v) is 4.59. The van der Waals surface area contributed by atoms with E-state index >= 15 is 0 Å². The van der Waals surface area contributed by atoms with Crippen molar-refractivity contribution in [3.05, 3.63) is 100 Å². The Hall–Kier alpha value is -3.38. The zero-order valence-electron chi connectivity index (χ0n) is 15.7. The Bertz CT molecular complexity index is 1010. The average Bonchev–Trinajstić information content (AvgIpc) is 2.76. The highest BCUT2D eigenvalue weighted by molar-refractivity contribution is 9.10. The molecule has 0 aliphatic heterocycles. The molecular formula is C23H19BrN2O3. The van der Waals surface area contributed by atoms with E-state index in [1.807, 2.05) is 18.2 Å². The van der Waals surface area contributed by atoms with Gasteiger partial charge in [0, 0.05) is 15.7 Å². The number of nitrogens with one attached hydrogen (secondary N) is 2. The molecule has 3 aromatic rings. The number of halogens is 1. The van der Waals surface area contributed by atoms with E-state index in [1.54, 1.807) is 73.8 Å². The molecule has 5 nitrogen and oxygen atoms in total. The molecule has 0 saturated heterocycles. The third-order valence-electron chi connectivity index (χ3n) is 4.06. The summed E-state index contributed by atoms with van der Waals surface area (Å²) in [4.78, 5) is 25.5. The first-order chi connectivity index (χ1) is 14.0. The molecule has 0 spiro atoms. The SMILES string of the molecule is COc1ccc(/C=C(\NC(=O)c2ccccc2)C(=O)Nc2ccc(Br)cc2)cc1. The van der Waals surface area contributed by atoms with Gasteiger partial charge in [0.2, 0.25) is 0 Å². The van der Waals surface area contributed by atoms with Crippen LogP contribution in [0.25, 0.3) is 6.08 Å². The van der Waals surface area contributed by atoms with Crippen molar-refractivity contribution in [1.82, 2.24) is 5.32 Å². The minimum absolute atomic E-state index is 0.131. The second kappa shape index (κ2) is 9.71. The summed E-state index contributed by atoms with van der Waals surface area (Å²) in [5.41, 5.74) is 1.96. The summed E-state index contributed by atoms with van der Waals surface area (Å²) >= 11 is 3.36. The van der Waals surface area contributed by atoms with Crippen molar-refractivity contribution < 1.29 is 14.3 Å². The van der Waals surface area contributed by atoms with Gasteiger partial charge in [0.25, 0.3) is 11.8 Å². The summed E-state index contributed by atoms with van der Waals surface area (Å²) in [6.07, 6.45) is 1.62. The zero-order chi connectivity index (χ0) is 20.6. The van der Waals surface area contributed by atoms with Crippen molar-refractivity contribution in [2.24, 2.45) is 0 Å². The molecule has 0 radical (unpaired) electrons. The fourth-order valence-corrected chi connectivity index (χ4v) is 2.81. The first-order valence-corrected chi connectivity index (χ1v) is 9.63. The minimum atomic E-state index is -0.424. The van der Waals surface area contributed by atoms with Gasteiger partial charge in [-0.2, -0.15) is 0 Å². The number of rotatable bonds is 6. The van der Waals surface area contributed by atoms with Gasteiger partial charge in [-0.15, -0.1) is 0 Å². The number of ether oxygens (including phenoxy) is 1. The molecule has 0 aliphatic rings. The minimum Gasteiger partial charge on any atom is -0.497 e. The Morgan fingerprint density at radius 2 is 1.55 bits per heavy atom. The molecule has 0 heterocycles. The molecule has 0 saturated carbocycles. The van der Waals surface area contributed by atoms with Gasteiger partial charge in [-0.3, -0.25) is 9.59 Å². The summed E-state index contributed by atoms with van der Waals surface area (Å²) in [6, 6.07) is 23.1. The summed E-state index contributed by atoms with van der Waals surface area (Å²) < 4.78 is 6.06. The van der Waals surface area contributed by atoms with Crippen LogP contribution in [0, 0.1) is 0 Å². The summed E-state index contributed by atoms with van der Waals surface area (Å²) in [5.74, 6) is -0.0833. The smallest absolute Gasteiger partial charge is 0.272 e. The zero-order valence-corrected chi connectivity index (χ0v) is 17.3. The lowest BCUT2D eigenvalue weighted by molar-refractivity contribution is -0.113. The Balaban J connectivity index is 1.86. The first kappa shape index (κ1) is 20.4. The van der Waals surface area contributed by atoms with Crippen molar-refractivity contribution in [1.29, 1.82) is 0 Å². The molecule has 0 aromatic heterocycles. The van der Waals surface area contributed by atoms with Crippen LogP contribution in [-0.4, -0.2) is 18.9 Å². The molecule has 0 unspecified atom stereocenters. The predicted octanol–water partition coefficient (Wildman–Crippen LogP) is 4.87. The molecule has 146 valence electrons. The maximum atomic E-state index is 12.9. The number of carbonyl (C=O) groups excluding carboxylic acids is 2. The quantitative estimate of drug-likeness (QED) is 0.526. The van der Waals surface area contributed by atoms with Crippen LogP contribution in [0.5, 0.6) is 5.75 Å². The molecule has 0 bridgehead atoms. The van der Waals surface area contributed by atoms with Gasteiger partial charge < -0.3 is 15.4 Å². The van der Waals surface area contributed by atoms with E-state index in [1.165, 1.54) is 0 Å². The molecule has 0 atom stereocenters. The Kier molecular flexibility index (Phi) is 6.81. The van der Waals surface area contributed by atoms with Crippen LogP contribution in [0.1, 0.15) is 15.9 Å². The van der Waals surface area contributed by atoms with Gasteiger partial charge in [-0.05, 0) is 60.2 Å². The van der Waals surface area contributed by atoms with E-state index in [-0.39, 0.29) is 11.6 Å². The van der Waals surface area contributed by atoms with Crippen LogP contribution in [0.4, 0.5) is 5.69 Å². The molecule has 2 N–H and O–H groups in total. The van der Waals surface area contributed by atoms with Gasteiger partial charge in [-0.25, -0.2) is 0 Å². The van der Waals surface area contributed by atoms with E-state index < -0.39 is 5.91 Å². The maximum Gasteiger partial charge on any atom is 0.272 e. The highest BCUT2D eigenvalue weighted by Crippen LogP contribution is 2.17. The van der Waals surface area contributed by atoms with E-state index in [4.69, 9.17) is 4.74 Å². The van der Waals surface area contributed by atoms with Crippen LogP contribution in [-0.2, 0) is 4.79 Å². The topological polar surface area (TPSA) is 67.4 Å². The van der Waals surface area contributed by atoms with Crippen molar-refractivity contribution in [2.75, 3.05) is 12.4 Å². The number of carbonyl (C=O) groups is 2. The lowest BCUT2D eigenvalue weighted by atomic mass is 10.1. The lowest BCUT2D eigenvalue weighted by Crippen LogP contribution is -2.30. The van der Waals surface area contributed by atoms with Crippen molar-refractivity contribution in [2.45, 2.75) is 0 Å². The largest absolute Gasteiger partial charge is 0.497 e. The fourth-order valence-electron chi connectivity index (χ4n) is 2.54. The Labute approximate surface area is 177 Å². The standard InChI is InChI=1S/C23H19BrN2O3/c1-29-20-13-7-16(8-14-20)15-21(26-22(27)17-5-3-2-4-6-17)23(28)25-19-11-9-18(24)10-12-19/h2-15H,1H3,(H,25,28)(H,26,27)/b21-15-. The number of hydrogen-bond donors (Lipinski definition) is 2. The van der Waals surface area contributed by atoms with Crippen LogP contribution < -0.4 is 15.4 Å². The molecule has 2 amide bonds. The summed E-state index contributed by atoms with van der Waals surface area (Å²) in [7, 11) is 1.59. The van der Waals surface area contributed by atoms with Crippen molar-refractivity contribution in [3.63, 3.8) is 0 Å². The molecule has 0 aliphatic carbocycles. The Morgan fingerprint density at radius 3 is 2.17 bits per heavy atom.